The molecule has 1 aromatic heterocycles. The molecule has 1 fully saturated rings. The zero-order valence-electron chi connectivity index (χ0n) is 11.3. The van der Waals surface area contributed by atoms with Crippen LogP contribution in [0.2, 0.25) is 0 Å². The minimum Gasteiger partial charge on any atom is -0.464 e. The van der Waals surface area contributed by atoms with Crippen LogP contribution in [0.25, 0.3) is 11.0 Å². The van der Waals surface area contributed by atoms with Gasteiger partial charge in [0.25, 0.3) is 0 Å². The second kappa shape index (κ2) is 5.35. The molecule has 2 aromatic rings. The third-order valence-electron chi connectivity index (χ3n) is 4.37. The number of furan rings is 1. The molecule has 1 aromatic carbocycles. The first-order valence-electron chi connectivity index (χ1n) is 7.11. The number of aliphatic hydroxyl groups is 1. The lowest BCUT2D eigenvalue weighted by Gasteiger charge is -2.31. The van der Waals surface area contributed by atoms with E-state index in [4.69, 9.17) is 4.42 Å². The third kappa shape index (κ3) is 2.40. The van der Waals surface area contributed by atoms with Crippen molar-refractivity contribution in [2.45, 2.75) is 37.8 Å². The molecule has 1 aliphatic carbocycles. The molecule has 0 spiro atoms. The Bertz CT molecular complexity index is 540. The molecular weight excluding hydrogens is 238 g/mol. The molecule has 0 bridgehead atoms. The zero-order chi connectivity index (χ0) is 13.2. The van der Waals surface area contributed by atoms with Gasteiger partial charge in [-0.25, -0.2) is 0 Å². The van der Waals surface area contributed by atoms with Crippen LogP contribution in [-0.2, 0) is 0 Å². The third-order valence-corrected chi connectivity index (χ3v) is 4.37. The van der Waals surface area contributed by atoms with Crippen molar-refractivity contribution in [1.29, 1.82) is 0 Å². The molecule has 19 heavy (non-hydrogen) atoms. The fraction of sp³-hybridized carbons (Fsp3) is 0.500. The summed E-state index contributed by atoms with van der Waals surface area (Å²) in [7, 11) is 2.01. The Morgan fingerprint density at radius 3 is 2.68 bits per heavy atom. The number of fused-ring (bicyclic) bond motifs is 1. The van der Waals surface area contributed by atoms with Crippen LogP contribution in [0, 0.1) is 5.92 Å². The van der Waals surface area contributed by atoms with E-state index < -0.39 is 0 Å². The fourth-order valence-corrected chi connectivity index (χ4v) is 3.32. The summed E-state index contributed by atoms with van der Waals surface area (Å²) in [6, 6.07) is 8.50. The molecule has 3 heteroatoms. The smallest absolute Gasteiger partial charge is 0.134 e. The van der Waals surface area contributed by atoms with Gasteiger partial charge in [0, 0.05) is 17.0 Å². The van der Waals surface area contributed by atoms with Crippen LogP contribution in [0.5, 0.6) is 0 Å². The largest absolute Gasteiger partial charge is 0.464 e. The first kappa shape index (κ1) is 12.7. The highest BCUT2D eigenvalue weighted by atomic mass is 16.3. The maximum absolute atomic E-state index is 9.64. The van der Waals surface area contributed by atoms with E-state index in [1.165, 1.54) is 10.9 Å². The molecule has 102 valence electrons. The van der Waals surface area contributed by atoms with E-state index in [2.05, 4.69) is 17.4 Å². The van der Waals surface area contributed by atoms with Gasteiger partial charge in [-0.05, 0) is 44.7 Å². The van der Waals surface area contributed by atoms with Crippen LogP contribution >= 0.6 is 0 Å². The lowest BCUT2D eigenvalue weighted by molar-refractivity contribution is 0.0982. The lowest BCUT2D eigenvalue weighted by Crippen LogP contribution is -2.29. The summed E-state index contributed by atoms with van der Waals surface area (Å²) in [6.45, 7) is 0. The summed E-state index contributed by atoms with van der Waals surface area (Å²) in [5.41, 5.74) is 2.20. The molecule has 0 amide bonds. The maximum Gasteiger partial charge on any atom is 0.134 e. The SMILES string of the molecule is CNC(c1coc2ccccc12)C1CCC(O)CC1. The predicted molar refractivity (Wildman–Crippen MR) is 76.0 cm³/mol. The van der Waals surface area contributed by atoms with Gasteiger partial charge in [0.05, 0.1) is 12.4 Å². The minimum atomic E-state index is -0.102. The quantitative estimate of drug-likeness (QED) is 0.889. The average Bonchev–Trinajstić information content (AvgIpc) is 2.86. The van der Waals surface area contributed by atoms with Gasteiger partial charge in [-0.1, -0.05) is 18.2 Å². The highest BCUT2D eigenvalue weighted by Gasteiger charge is 2.28. The van der Waals surface area contributed by atoms with E-state index in [9.17, 15) is 5.11 Å². The van der Waals surface area contributed by atoms with Crippen LogP contribution in [0.4, 0.5) is 0 Å². The number of benzene rings is 1. The Hall–Kier alpha value is -1.32. The van der Waals surface area contributed by atoms with E-state index in [1.54, 1.807) is 0 Å². The van der Waals surface area contributed by atoms with Crippen molar-refractivity contribution in [3.05, 3.63) is 36.1 Å². The van der Waals surface area contributed by atoms with Crippen molar-refractivity contribution in [3.63, 3.8) is 0 Å². The van der Waals surface area contributed by atoms with Gasteiger partial charge in [0.1, 0.15) is 5.58 Å². The summed E-state index contributed by atoms with van der Waals surface area (Å²) in [4.78, 5) is 0. The highest BCUT2D eigenvalue weighted by molar-refractivity contribution is 5.81. The lowest BCUT2D eigenvalue weighted by atomic mass is 9.80. The average molecular weight is 259 g/mol. The second-order valence-corrected chi connectivity index (χ2v) is 5.52. The van der Waals surface area contributed by atoms with Crippen LogP contribution in [-0.4, -0.2) is 18.3 Å². The summed E-state index contributed by atoms with van der Waals surface area (Å²) in [6.07, 6.45) is 5.77. The molecule has 1 atom stereocenters. The van der Waals surface area contributed by atoms with Crippen molar-refractivity contribution < 1.29 is 9.52 Å². The molecule has 0 aliphatic heterocycles. The molecule has 1 saturated carbocycles. The molecule has 1 heterocycles. The van der Waals surface area contributed by atoms with Gasteiger partial charge in [-0.3, -0.25) is 0 Å². The Balaban J connectivity index is 1.89. The monoisotopic (exact) mass is 259 g/mol. The van der Waals surface area contributed by atoms with Crippen molar-refractivity contribution in [2.24, 2.45) is 5.92 Å². The molecular formula is C16H21NO2. The number of hydrogen-bond acceptors (Lipinski definition) is 3. The minimum absolute atomic E-state index is 0.102. The van der Waals surface area contributed by atoms with Crippen LogP contribution in [0.1, 0.15) is 37.3 Å². The van der Waals surface area contributed by atoms with E-state index in [0.717, 1.165) is 31.3 Å². The number of para-hydroxylation sites is 1. The Morgan fingerprint density at radius 1 is 1.21 bits per heavy atom. The van der Waals surface area contributed by atoms with Crippen molar-refractivity contribution in [2.75, 3.05) is 7.05 Å². The van der Waals surface area contributed by atoms with Gasteiger partial charge in [0.2, 0.25) is 0 Å². The summed E-state index contributed by atoms with van der Waals surface area (Å²) in [5.74, 6) is 0.578. The van der Waals surface area contributed by atoms with Crippen LogP contribution in [0.3, 0.4) is 0 Å². The van der Waals surface area contributed by atoms with Gasteiger partial charge in [-0.15, -0.1) is 0 Å². The number of nitrogens with one attached hydrogen (secondary N) is 1. The number of aliphatic hydroxyl groups excluding tert-OH is 1. The molecule has 1 unspecified atom stereocenters. The Labute approximate surface area is 113 Å². The van der Waals surface area contributed by atoms with Gasteiger partial charge in [-0.2, -0.15) is 0 Å². The first-order chi connectivity index (χ1) is 9.29. The van der Waals surface area contributed by atoms with Crippen molar-refractivity contribution >= 4 is 11.0 Å². The number of rotatable bonds is 3. The Morgan fingerprint density at radius 2 is 1.95 bits per heavy atom. The fourth-order valence-electron chi connectivity index (χ4n) is 3.32. The standard InChI is InChI=1S/C16H21NO2/c1-17-16(11-6-8-12(18)9-7-11)14-10-19-15-5-3-2-4-13(14)15/h2-5,10-12,16-18H,6-9H2,1H3. The molecule has 0 saturated heterocycles. The Kier molecular flexibility index (Phi) is 3.58. The zero-order valence-corrected chi connectivity index (χ0v) is 11.3. The molecule has 2 N–H and O–H groups in total. The van der Waals surface area contributed by atoms with E-state index in [1.807, 2.05) is 25.4 Å². The van der Waals surface area contributed by atoms with Crippen molar-refractivity contribution in [3.8, 4) is 0 Å². The van der Waals surface area contributed by atoms with Gasteiger partial charge in [0.15, 0.2) is 0 Å². The first-order valence-corrected chi connectivity index (χ1v) is 7.11. The summed E-state index contributed by atoms with van der Waals surface area (Å²) < 4.78 is 5.65. The topological polar surface area (TPSA) is 45.4 Å². The highest BCUT2D eigenvalue weighted by Crippen LogP contribution is 2.37. The second-order valence-electron chi connectivity index (χ2n) is 5.52. The summed E-state index contributed by atoms with van der Waals surface area (Å²) >= 11 is 0. The van der Waals surface area contributed by atoms with Crippen molar-refractivity contribution in [1.82, 2.24) is 5.32 Å². The van der Waals surface area contributed by atoms with Gasteiger partial charge >= 0.3 is 0 Å². The van der Waals surface area contributed by atoms with Crippen LogP contribution < -0.4 is 5.32 Å². The molecule has 3 nitrogen and oxygen atoms in total. The van der Waals surface area contributed by atoms with E-state index in [-0.39, 0.29) is 6.10 Å². The molecule has 1 aliphatic rings. The predicted octanol–water partition coefficient (Wildman–Crippen LogP) is 3.24. The normalized spacial score (nSPS) is 25.6. The molecule has 0 radical (unpaired) electrons. The summed E-state index contributed by atoms with van der Waals surface area (Å²) in [5, 5.41) is 14.3. The molecule has 3 rings (SSSR count). The van der Waals surface area contributed by atoms with Gasteiger partial charge < -0.3 is 14.8 Å². The van der Waals surface area contributed by atoms with Crippen LogP contribution in [0.15, 0.2) is 34.9 Å². The van der Waals surface area contributed by atoms with E-state index >= 15 is 0 Å². The maximum atomic E-state index is 9.64. The van der Waals surface area contributed by atoms with E-state index in [0.29, 0.717) is 12.0 Å². The number of hydrogen-bond donors (Lipinski definition) is 2.